The minimum atomic E-state index is -1.55. The predicted molar refractivity (Wildman–Crippen MR) is 119 cm³/mol. The number of benzene rings is 4. The van der Waals surface area contributed by atoms with Crippen LogP contribution in [0.2, 0.25) is 0 Å². The van der Waals surface area contributed by atoms with Gasteiger partial charge in [-0.05, 0) is 65.1 Å². The van der Waals surface area contributed by atoms with Crippen molar-refractivity contribution in [1.29, 1.82) is 0 Å². The number of fused-ring (bicyclic) bond motifs is 1. The first kappa shape index (κ1) is 19.3. The van der Waals surface area contributed by atoms with Gasteiger partial charge in [0.2, 0.25) is 0 Å². The molecule has 0 fully saturated rings. The van der Waals surface area contributed by atoms with Gasteiger partial charge in [-0.1, -0.05) is 66.2 Å². The Hall–Kier alpha value is -3.08. The molecule has 0 heterocycles. The maximum absolute atomic E-state index is 9.90. The van der Waals surface area contributed by atoms with E-state index in [0.29, 0.717) is 12.1 Å². The van der Waals surface area contributed by atoms with Gasteiger partial charge in [-0.2, -0.15) is 0 Å². The molecule has 0 unspecified atom stereocenters. The summed E-state index contributed by atoms with van der Waals surface area (Å²) in [6.45, 7) is 4.58. The topological polar surface area (TPSA) is 49.7 Å². The highest BCUT2D eigenvalue weighted by Crippen LogP contribution is 2.33. The summed E-state index contributed by atoms with van der Waals surface area (Å²) in [4.78, 5) is 0. The van der Waals surface area contributed by atoms with E-state index in [1.165, 1.54) is 5.56 Å². The van der Waals surface area contributed by atoms with Crippen molar-refractivity contribution >= 4 is 23.4 Å². The molecule has 4 rings (SSSR count). The molecule has 0 amide bonds. The second-order valence-electron chi connectivity index (χ2n) is 7.38. The fourth-order valence-corrected chi connectivity index (χ4v) is 3.63. The largest absolute Gasteiger partial charge is 0.489 e. The van der Waals surface area contributed by atoms with E-state index >= 15 is 0 Å². The van der Waals surface area contributed by atoms with Crippen LogP contribution in [0.1, 0.15) is 16.7 Å². The van der Waals surface area contributed by atoms with Crippen molar-refractivity contribution in [2.75, 3.05) is 0 Å². The van der Waals surface area contributed by atoms with Gasteiger partial charge < -0.3 is 14.8 Å². The molecule has 0 bridgehead atoms. The van der Waals surface area contributed by atoms with Crippen molar-refractivity contribution in [1.82, 2.24) is 0 Å². The molecule has 2 N–H and O–H groups in total. The summed E-state index contributed by atoms with van der Waals surface area (Å²) < 4.78 is 6.09. The summed E-state index contributed by atoms with van der Waals surface area (Å²) in [6, 6.07) is 26.0. The molecule has 0 aliphatic carbocycles. The average molecular weight is 382 g/mol. The molecule has 3 nitrogen and oxygen atoms in total. The van der Waals surface area contributed by atoms with Crippen molar-refractivity contribution in [3.05, 3.63) is 95.6 Å². The zero-order valence-electron chi connectivity index (χ0n) is 16.6. The maximum Gasteiger partial charge on any atom is 0.489 e. The predicted octanol–water partition coefficient (Wildman–Crippen LogP) is 4.38. The van der Waals surface area contributed by atoms with Gasteiger partial charge in [0, 0.05) is 5.39 Å². The van der Waals surface area contributed by atoms with Crippen LogP contribution in [0.15, 0.2) is 78.9 Å². The maximum atomic E-state index is 9.90. The fourth-order valence-electron chi connectivity index (χ4n) is 3.63. The van der Waals surface area contributed by atoms with Gasteiger partial charge in [0.05, 0.1) is 0 Å². The third-order valence-corrected chi connectivity index (χ3v) is 5.23. The van der Waals surface area contributed by atoms with E-state index < -0.39 is 7.12 Å². The molecular weight excluding hydrogens is 359 g/mol. The number of hydrogen-bond donors (Lipinski definition) is 2. The van der Waals surface area contributed by atoms with Crippen LogP contribution in [0, 0.1) is 13.8 Å². The molecule has 144 valence electrons. The minimum absolute atomic E-state index is 0.454. The Bertz CT molecular complexity index is 1140. The number of hydrogen-bond acceptors (Lipinski definition) is 3. The van der Waals surface area contributed by atoms with Crippen molar-refractivity contribution in [2.45, 2.75) is 20.5 Å². The summed E-state index contributed by atoms with van der Waals surface area (Å²) in [5.41, 5.74) is 6.04. The lowest BCUT2D eigenvalue weighted by Gasteiger charge is -2.16. The third kappa shape index (κ3) is 4.04. The van der Waals surface area contributed by atoms with Crippen LogP contribution in [0.25, 0.3) is 21.9 Å². The smallest absolute Gasteiger partial charge is 0.488 e. The highest BCUT2D eigenvalue weighted by atomic mass is 16.5. The highest BCUT2D eigenvalue weighted by molar-refractivity contribution is 6.62. The molecule has 0 radical (unpaired) electrons. The van der Waals surface area contributed by atoms with Gasteiger partial charge in [-0.15, -0.1) is 0 Å². The Balaban J connectivity index is 1.81. The molecule has 4 heteroatoms. The molecule has 4 aromatic carbocycles. The average Bonchev–Trinajstić information content (AvgIpc) is 2.73. The number of aryl methyl sites for hydroxylation is 2. The molecule has 29 heavy (non-hydrogen) atoms. The summed E-state index contributed by atoms with van der Waals surface area (Å²) in [7, 11) is -1.55. The lowest BCUT2D eigenvalue weighted by Crippen LogP contribution is -2.30. The van der Waals surface area contributed by atoms with Crippen LogP contribution in [-0.2, 0) is 6.61 Å². The quantitative estimate of drug-likeness (QED) is 0.504. The van der Waals surface area contributed by atoms with Crippen LogP contribution in [0.3, 0.4) is 0 Å². The van der Waals surface area contributed by atoms with Gasteiger partial charge in [-0.3, -0.25) is 0 Å². The second-order valence-corrected chi connectivity index (χ2v) is 7.38. The van der Waals surface area contributed by atoms with Crippen molar-refractivity contribution in [3.8, 4) is 16.9 Å². The Morgan fingerprint density at radius 1 is 0.793 bits per heavy atom. The van der Waals surface area contributed by atoms with Crippen molar-refractivity contribution < 1.29 is 14.8 Å². The van der Waals surface area contributed by atoms with Crippen LogP contribution < -0.4 is 10.2 Å². The van der Waals surface area contributed by atoms with Crippen LogP contribution in [0.5, 0.6) is 5.75 Å². The van der Waals surface area contributed by atoms with Gasteiger partial charge in [0.1, 0.15) is 12.4 Å². The van der Waals surface area contributed by atoms with Crippen LogP contribution in [-0.4, -0.2) is 17.2 Å². The third-order valence-electron chi connectivity index (χ3n) is 5.23. The van der Waals surface area contributed by atoms with E-state index in [4.69, 9.17) is 4.74 Å². The molecule has 4 aromatic rings. The van der Waals surface area contributed by atoms with Crippen molar-refractivity contribution in [3.63, 3.8) is 0 Å². The van der Waals surface area contributed by atoms with Gasteiger partial charge in [0.25, 0.3) is 0 Å². The fraction of sp³-hybridized carbons (Fsp3) is 0.120. The molecule has 0 aliphatic heterocycles. The van der Waals surface area contributed by atoms with Crippen LogP contribution >= 0.6 is 0 Å². The SMILES string of the molecule is Cc1ccc(-c2cc3c(B(O)O)ccc(OCc4ccccc4)c3cc2C)cc1. The van der Waals surface area contributed by atoms with E-state index in [9.17, 15) is 10.0 Å². The monoisotopic (exact) mass is 382 g/mol. The van der Waals surface area contributed by atoms with Gasteiger partial charge in [-0.25, -0.2) is 0 Å². The normalized spacial score (nSPS) is 10.9. The van der Waals surface area contributed by atoms with Gasteiger partial charge >= 0.3 is 7.12 Å². The lowest BCUT2D eigenvalue weighted by atomic mass is 9.76. The summed E-state index contributed by atoms with van der Waals surface area (Å²) in [5, 5.41) is 21.5. The van der Waals surface area contributed by atoms with Crippen molar-refractivity contribution in [2.24, 2.45) is 0 Å². The zero-order valence-corrected chi connectivity index (χ0v) is 16.6. The van der Waals surface area contributed by atoms with E-state index in [1.807, 2.05) is 42.5 Å². The summed E-state index contributed by atoms with van der Waals surface area (Å²) in [5.74, 6) is 0.729. The first-order chi connectivity index (χ1) is 14.0. The Morgan fingerprint density at radius 3 is 2.21 bits per heavy atom. The van der Waals surface area contributed by atoms with Gasteiger partial charge in [0.15, 0.2) is 0 Å². The Labute approximate surface area is 171 Å². The lowest BCUT2D eigenvalue weighted by molar-refractivity contribution is 0.310. The first-order valence-electron chi connectivity index (χ1n) is 9.70. The van der Waals surface area contributed by atoms with E-state index in [-0.39, 0.29) is 0 Å². The first-order valence-corrected chi connectivity index (χ1v) is 9.70. The Kier molecular flexibility index (Phi) is 5.39. The molecular formula is C25H23BO3. The second kappa shape index (κ2) is 8.12. The standard InChI is InChI=1S/C25H23BO3/c1-17-8-10-20(11-9-17)21-15-22-23(14-18(21)2)25(13-12-24(22)26(27)28)29-16-19-6-4-3-5-7-19/h3-15,27-28H,16H2,1-2H3. The minimum Gasteiger partial charge on any atom is -0.488 e. The molecule has 0 saturated heterocycles. The van der Waals surface area contributed by atoms with E-state index in [1.54, 1.807) is 6.07 Å². The summed E-state index contributed by atoms with van der Waals surface area (Å²) in [6.07, 6.45) is 0. The van der Waals surface area contributed by atoms with Crippen LogP contribution in [0.4, 0.5) is 0 Å². The Morgan fingerprint density at radius 2 is 1.52 bits per heavy atom. The number of rotatable bonds is 5. The van der Waals surface area contributed by atoms with E-state index in [2.05, 4.69) is 44.2 Å². The number of ether oxygens (including phenoxy) is 1. The molecule has 0 atom stereocenters. The zero-order chi connectivity index (χ0) is 20.4. The highest BCUT2D eigenvalue weighted by Gasteiger charge is 2.18. The molecule has 0 spiro atoms. The van der Waals surface area contributed by atoms with E-state index in [0.717, 1.165) is 38.8 Å². The summed E-state index contributed by atoms with van der Waals surface area (Å²) >= 11 is 0. The molecule has 0 saturated carbocycles. The molecule has 0 aromatic heterocycles. The molecule has 0 aliphatic rings.